The van der Waals surface area contributed by atoms with Gasteiger partial charge in [-0.1, -0.05) is 36.6 Å². The van der Waals surface area contributed by atoms with Gasteiger partial charge in [0.25, 0.3) is 0 Å². The van der Waals surface area contributed by atoms with E-state index in [0.717, 1.165) is 36.6 Å². The Morgan fingerprint density at radius 1 is 0.727 bits per heavy atom. The monoisotopic (exact) mass is 1080 g/mol. The summed E-state index contributed by atoms with van der Waals surface area (Å²) in [6.45, 7) is 24.8. The van der Waals surface area contributed by atoms with Crippen molar-refractivity contribution >= 4 is 58.7 Å². The smallest absolute Gasteiger partial charge is 0.410 e. The van der Waals surface area contributed by atoms with Crippen molar-refractivity contribution in [3.8, 4) is 0 Å². The number of piperidine rings is 1. The number of nitrogens with zero attached hydrogens (tertiary/aromatic N) is 8. The molecule has 2 aromatic heterocycles. The van der Waals surface area contributed by atoms with E-state index in [1.807, 2.05) is 76.9 Å². The van der Waals surface area contributed by atoms with Gasteiger partial charge in [-0.05, 0) is 140 Å². The summed E-state index contributed by atoms with van der Waals surface area (Å²) in [6, 6.07) is 6.83. The highest BCUT2D eigenvalue weighted by Crippen LogP contribution is 2.27. The van der Waals surface area contributed by atoms with Gasteiger partial charge in [-0.15, -0.1) is 5.10 Å². The second kappa shape index (κ2) is 27.7. The maximum Gasteiger partial charge on any atom is 0.410 e. The molecule has 5 rings (SSSR count). The maximum absolute atomic E-state index is 13.4. The van der Waals surface area contributed by atoms with Crippen LogP contribution in [-0.4, -0.2) is 156 Å². The molecule has 22 heteroatoms. The molecule has 428 valence electrons. The SMILES string of the molecule is CC(C)(C)OC(=O)N[C@@H](CCC(=O)NCCC(=O)N1CCC(Nc2nc(NCc3cn(CCCN(CCCN(C(=O)OC(C)(C)C)C4CCCCC4)C(=O)OC(C)(C)C)nn3)nc3ccccc23)CC1)C(=O)OC(C)(C)C. The first-order chi connectivity index (χ1) is 36.1. The number of fused-ring (bicyclic) bond motifs is 1. The summed E-state index contributed by atoms with van der Waals surface area (Å²) in [7, 11) is 0. The number of nitrogens with one attached hydrogen (secondary N) is 4. The number of alkyl carbamates (subject to hydrolysis) is 1. The van der Waals surface area contributed by atoms with Crippen molar-refractivity contribution in [1.29, 1.82) is 0 Å². The predicted octanol–water partition coefficient (Wildman–Crippen LogP) is 8.34. The summed E-state index contributed by atoms with van der Waals surface area (Å²) in [5.41, 5.74) is -1.42. The molecule has 1 saturated heterocycles. The molecule has 2 aliphatic rings. The lowest BCUT2D eigenvalue weighted by Gasteiger charge is -2.36. The van der Waals surface area contributed by atoms with Gasteiger partial charge in [0.05, 0.1) is 18.3 Å². The van der Waals surface area contributed by atoms with E-state index in [1.54, 1.807) is 56.0 Å². The van der Waals surface area contributed by atoms with Crippen molar-refractivity contribution in [2.75, 3.05) is 49.9 Å². The first kappa shape index (κ1) is 61.4. The second-order valence-corrected chi connectivity index (χ2v) is 24.0. The minimum absolute atomic E-state index is 0.0136. The molecule has 1 aromatic carbocycles. The number of anilines is 2. The molecule has 3 aromatic rings. The Bertz CT molecular complexity index is 2430. The van der Waals surface area contributed by atoms with Crippen LogP contribution < -0.4 is 21.3 Å². The van der Waals surface area contributed by atoms with Crippen LogP contribution in [0.4, 0.5) is 26.1 Å². The van der Waals surface area contributed by atoms with Gasteiger partial charge < -0.3 is 54.9 Å². The van der Waals surface area contributed by atoms with Gasteiger partial charge >= 0.3 is 24.2 Å². The number of likely N-dealkylation sites (tertiary alicyclic amines) is 1. The third-order valence-corrected chi connectivity index (χ3v) is 12.4. The van der Waals surface area contributed by atoms with Crippen LogP contribution in [0.15, 0.2) is 30.5 Å². The van der Waals surface area contributed by atoms with E-state index in [4.69, 9.17) is 28.9 Å². The number of hydrogen-bond donors (Lipinski definition) is 4. The van der Waals surface area contributed by atoms with Gasteiger partial charge in [0.1, 0.15) is 40.0 Å². The molecule has 1 saturated carbocycles. The lowest BCUT2D eigenvalue weighted by Crippen LogP contribution is -2.46. The van der Waals surface area contributed by atoms with Crippen molar-refractivity contribution in [2.24, 2.45) is 0 Å². The third kappa shape index (κ3) is 22.2. The zero-order valence-electron chi connectivity index (χ0n) is 47.9. The number of ether oxygens (including phenoxy) is 4. The Morgan fingerprint density at radius 2 is 1.36 bits per heavy atom. The normalized spacial score (nSPS) is 15.2. The average Bonchev–Trinajstić information content (AvgIpc) is 3.78. The van der Waals surface area contributed by atoms with Crippen LogP contribution in [0.1, 0.15) is 166 Å². The zero-order valence-corrected chi connectivity index (χ0v) is 47.9. The molecule has 1 aliphatic heterocycles. The van der Waals surface area contributed by atoms with E-state index in [9.17, 15) is 28.8 Å². The number of aryl methyl sites for hydroxylation is 1. The van der Waals surface area contributed by atoms with Crippen LogP contribution in [0, 0.1) is 0 Å². The molecular formula is C55H88N12O10. The van der Waals surface area contributed by atoms with Gasteiger partial charge in [-0.2, -0.15) is 4.98 Å². The predicted molar refractivity (Wildman–Crippen MR) is 293 cm³/mol. The van der Waals surface area contributed by atoms with Crippen molar-refractivity contribution in [1.82, 2.24) is 50.3 Å². The molecule has 0 unspecified atom stereocenters. The van der Waals surface area contributed by atoms with E-state index >= 15 is 0 Å². The van der Waals surface area contributed by atoms with Gasteiger partial charge in [-0.3, -0.25) is 14.3 Å². The highest BCUT2D eigenvalue weighted by Gasteiger charge is 2.32. The third-order valence-electron chi connectivity index (χ3n) is 12.4. The number of carbonyl (C=O) groups excluding carboxylic acids is 6. The zero-order chi connectivity index (χ0) is 56.6. The van der Waals surface area contributed by atoms with Crippen LogP contribution in [0.2, 0.25) is 0 Å². The van der Waals surface area contributed by atoms with E-state index < -0.39 is 46.6 Å². The molecule has 0 spiro atoms. The Labute approximate surface area is 455 Å². The van der Waals surface area contributed by atoms with Gasteiger partial charge in [0, 0.05) is 76.1 Å². The fourth-order valence-corrected chi connectivity index (χ4v) is 8.95. The van der Waals surface area contributed by atoms with Crippen LogP contribution in [0.3, 0.4) is 0 Å². The van der Waals surface area contributed by atoms with Gasteiger partial charge in [0.2, 0.25) is 17.8 Å². The van der Waals surface area contributed by atoms with Crippen LogP contribution >= 0.6 is 0 Å². The van der Waals surface area contributed by atoms with E-state index in [-0.39, 0.29) is 55.8 Å². The highest BCUT2D eigenvalue weighted by molar-refractivity contribution is 5.90. The number of benzene rings is 1. The number of amides is 5. The van der Waals surface area contributed by atoms with Crippen molar-refractivity contribution in [2.45, 2.75) is 214 Å². The molecule has 1 aliphatic carbocycles. The quantitative estimate of drug-likeness (QED) is 0.0545. The number of para-hydroxylation sites is 1. The lowest BCUT2D eigenvalue weighted by atomic mass is 9.94. The molecule has 2 fully saturated rings. The number of carbonyl (C=O) groups is 6. The van der Waals surface area contributed by atoms with Crippen LogP contribution in [0.5, 0.6) is 0 Å². The summed E-state index contributed by atoms with van der Waals surface area (Å²) in [5, 5.41) is 21.8. The molecule has 0 radical (unpaired) electrons. The van der Waals surface area contributed by atoms with Gasteiger partial charge in [0.15, 0.2) is 0 Å². The molecule has 3 heterocycles. The molecule has 4 N–H and O–H groups in total. The van der Waals surface area contributed by atoms with Crippen molar-refractivity contribution < 1.29 is 47.7 Å². The standard InChI is InChI=1S/C55H88N12O10/c1-52(2,3)74-47(70)43(60-49(71)75-53(4,5)6)24-25-44(68)56-29-26-45(69)64-34-27-38(28-35-64)58-46-41-22-16-17-23-42(41)59-48(61-46)57-36-39-37-66(63-62-39)32-18-30-65(50(72)76-54(7,8)9)31-19-33-67(40-20-14-13-15-21-40)51(73)77-55(10,11)12/h16-17,22-23,37-38,40,43H,13-15,18-21,24-36H2,1-12H3,(H,56,68)(H,60,71)(H2,57,58,59,61)/t43-/m0/s1. The summed E-state index contributed by atoms with van der Waals surface area (Å²) in [6.07, 6.45) is 8.16. The van der Waals surface area contributed by atoms with Crippen molar-refractivity contribution in [3.05, 3.63) is 36.2 Å². The Kier molecular flexibility index (Phi) is 22.1. The van der Waals surface area contributed by atoms with E-state index in [0.29, 0.717) is 89.0 Å². The first-order valence-corrected chi connectivity index (χ1v) is 27.5. The number of hydrogen-bond acceptors (Lipinski definition) is 16. The minimum Gasteiger partial charge on any atom is -0.458 e. The minimum atomic E-state index is -1.10. The molecule has 22 nitrogen and oxygen atoms in total. The molecular weight excluding hydrogens is 989 g/mol. The number of esters is 1. The Morgan fingerprint density at radius 3 is 2.03 bits per heavy atom. The summed E-state index contributed by atoms with van der Waals surface area (Å²) >= 11 is 0. The summed E-state index contributed by atoms with van der Waals surface area (Å²) < 4.78 is 24.1. The highest BCUT2D eigenvalue weighted by atomic mass is 16.6. The largest absolute Gasteiger partial charge is 0.458 e. The fourth-order valence-electron chi connectivity index (χ4n) is 8.95. The van der Waals surface area contributed by atoms with Crippen LogP contribution in [0.25, 0.3) is 10.9 Å². The van der Waals surface area contributed by atoms with E-state index in [1.165, 1.54) is 6.42 Å². The lowest BCUT2D eigenvalue weighted by molar-refractivity contribution is -0.157. The Balaban J connectivity index is 1.08. The average molecular weight is 1080 g/mol. The molecule has 0 bridgehead atoms. The number of rotatable bonds is 22. The second-order valence-electron chi connectivity index (χ2n) is 24.0. The van der Waals surface area contributed by atoms with Crippen molar-refractivity contribution in [3.63, 3.8) is 0 Å². The summed E-state index contributed by atoms with van der Waals surface area (Å²) in [5.74, 6) is -0.0315. The number of aromatic nitrogens is 5. The summed E-state index contributed by atoms with van der Waals surface area (Å²) in [4.78, 5) is 93.1. The van der Waals surface area contributed by atoms with E-state index in [2.05, 4.69) is 31.6 Å². The Hall–Kier alpha value is -6.48. The topological polar surface area (TPSA) is 254 Å². The fraction of sp³-hybridized carbons (Fsp3) is 0.709. The first-order valence-electron chi connectivity index (χ1n) is 27.5. The molecule has 5 amide bonds. The van der Waals surface area contributed by atoms with Crippen LogP contribution in [-0.2, 0) is 46.4 Å². The molecule has 77 heavy (non-hydrogen) atoms. The molecule has 1 atom stereocenters. The van der Waals surface area contributed by atoms with Gasteiger partial charge in [-0.25, -0.2) is 24.2 Å². The maximum atomic E-state index is 13.4.